The first-order valence-electron chi connectivity index (χ1n) is 10.7. The van der Waals surface area contributed by atoms with Crippen molar-refractivity contribution in [3.8, 4) is 11.4 Å². The van der Waals surface area contributed by atoms with Crippen molar-refractivity contribution in [2.24, 2.45) is 0 Å². The summed E-state index contributed by atoms with van der Waals surface area (Å²) in [5, 5.41) is 7.89. The highest BCUT2D eigenvalue weighted by Gasteiger charge is 2.72. The Morgan fingerprint density at radius 2 is 1.79 bits per heavy atom. The fourth-order valence-corrected chi connectivity index (χ4v) is 5.55. The van der Waals surface area contributed by atoms with Crippen LogP contribution in [0.3, 0.4) is 0 Å². The zero-order valence-electron chi connectivity index (χ0n) is 18.6. The lowest BCUT2D eigenvalue weighted by atomic mass is 9.39. The van der Waals surface area contributed by atoms with Crippen molar-refractivity contribution in [3.05, 3.63) is 70.6 Å². The van der Waals surface area contributed by atoms with Crippen molar-refractivity contribution in [1.82, 2.24) is 15.5 Å². The molecule has 0 radical (unpaired) electrons. The lowest BCUT2D eigenvalue weighted by Crippen LogP contribution is -2.76. The zero-order chi connectivity index (χ0) is 23.6. The SMILES string of the molecule is CC(C)(c1cccc(C(=O)NC23CC(c4nc(-c5ccc(Cl)cc5)no4)(C2)C3)c1)S(C)(=O)=O. The summed E-state index contributed by atoms with van der Waals surface area (Å²) in [6, 6.07) is 14.1. The van der Waals surface area contributed by atoms with Gasteiger partial charge in [-0.25, -0.2) is 8.42 Å². The Kier molecular flexibility index (Phi) is 4.78. The number of aromatic nitrogens is 2. The van der Waals surface area contributed by atoms with Gasteiger partial charge in [0, 0.05) is 27.9 Å². The highest BCUT2D eigenvalue weighted by molar-refractivity contribution is 7.91. The molecular formula is C24H24ClN3O4S. The van der Waals surface area contributed by atoms with E-state index in [0.717, 1.165) is 24.8 Å². The number of hydrogen-bond acceptors (Lipinski definition) is 6. The van der Waals surface area contributed by atoms with Crippen LogP contribution in [0.15, 0.2) is 53.1 Å². The van der Waals surface area contributed by atoms with Crippen LogP contribution in [0, 0.1) is 0 Å². The van der Waals surface area contributed by atoms with Gasteiger partial charge in [-0.15, -0.1) is 0 Å². The highest BCUT2D eigenvalue weighted by atomic mass is 35.5. The van der Waals surface area contributed by atoms with Gasteiger partial charge >= 0.3 is 0 Å². The molecule has 3 aliphatic rings. The number of sulfone groups is 1. The number of benzene rings is 2. The molecule has 1 amide bonds. The third-order valence-corrected chi connectivity index (χ3v) is 9.48. The van der Waals surface area contributed by atoms with E-state index in [-0.39, 0.29) is 16.9 Å². The third-order valence-electron chi connectivity index (χ3n) is 7.14. The fourth-order valence-electron chi connectivity index (χ4n) is 4.86. The summed E-state index contributed by atoms with van der Waals surface area (Å²) in [4.78, 5) is 17.5. The molecule has 0 atom stereocenters. The molecule has 172 valence electrons. The summed E-state index contributed by atoms with van der Waals surface area (Å²) >= 11 is 5.94. The maximum absolute atomic E-state index is 12.9. The van der Waals surface area contributed by atoms with Crippen molar-refractivity contribution in [2.45, 2.75) is 48.8 Å². The molecule has 2 aromatic carbocycles. The zero-order valence-corrected chi connectivity index (χ0v) is 20.1. The maximum atomic E-state index is 12.9. The highest BCUT2D eigenvalue weighted by Crippen LogP contribution is 2.67. The third kappa shape index (κ3) is 3.56. The number of hydrogen-bond donors (Lipinski definition) is 1. The Hall–Kier alpha value is -2.71. The molecule has 6 rings (SSSR count). The van der Waals surface area contributed by atoms with Crippen LogP contribution in [0.2, 0.25) is 5.02 Å². The molecule has 3 fully saturated rings. The average molecular weight is 486 g/mol. The quantitative estimate of drug-likeness (QED) is 0.559. The summed E-state index contributed by atoms with van der Waals surface area (Å²) < 4.78 is 28.8. The van der Waals surface area contributed by atoms with E-state index in [1.54, 1.807) is 50.2 Å². The van der Waals surface area contributed by atoms with Crippen LogP contribution in [0.4, 0.5) is 0 Å². The largest absolute Gasteiger partial charge is 0.346 e. The maximum Gasteiger partial charge on any atom is 0.251 e. The van der Waals surface area contributed by atoms with Gasteiger partial charge in [0.25, 0.3) is 5.91 Å². The van der Waals surface area contributed by atoms with Crippen molar-refractivity contribution >= 4 is 27.3 Å². The van der Waals surface area contributed by atoms with Crippen LogP contribution in [0.25, 0.3) is 11.4 Å². The van der Waals surface area contributed by atoms with Crippen LogP contribution in [-0.4, -0.2) is 36.3 Å². The lowest BCUT2D eigenvalue weighted by molar-refractivity contribution is -0.0985. The van der Waals surface area contributed by atoms with Crippen LogP contribution >= 0.6 is 11.6 Å². The number of carbonyl (C=O) groups excluding carboxylic acids is 1. The predicted molar refractivity (Wildman–Crippen MR) is 125 cm³/mol. The Balaban J connectivity index is 1.27. The normalized spacial score (nSPS) is 24.0. The van der Waals surface area contributed by atoms with Gasteiger partial charge in [-0.2, -0.15) is 4.98 Å². The van der Waals surface area contributed by atoms with E-state index in [1.165, 1.54) is 6.26 Å². The molecule has 0 aliphatic heterocycles. The second kappa shape index (κ2) is 7.14. The standard InChI is InChI=1S/C24H24ClN3O4S/c1-22(2,33(3,30)31)17-6-4-5-16(11-17)20(29)27-24-12-23(13-24,14-24)21-26-19(28-32-21)15-7-9-18(25)10-8-15/h4-11H,12-14H2,1-3H3,(H,27,29). The molecule has 7 nitrogen and oxygen atoms in total. The van der Waals surface area contributed by atoms with E-state index < -0.39 is 14.6 Å². The topological polar surface area (TPSA) is 102 Å². The fraction of sp³-hybridized carbons (Fsp3) is 0.375. The first-order chi connectivity index (χ1) is 15.4. The number of amides is 1. The van der Waals surface area contributed by atoms with Gasteiger partial charge in [-0.05, 0) is 75.1 Å². The van der Waals surface area contributed by atoms with Gasteiger partial charge in [-0.3, -0.25) is 4.79 Å². The van der Waals surface area contributed by atoms with E-state index in [1.807, 2.05) is 12.1 Å². The Morgan fingerprint density at radius 3 is 2.42 bits per heavy atom. The van der Waals surface area contributed by atoms with Gasteiger partial charge in [-0.1, -0.05) is 28.9 Å². The Morgan fingerprint density at radius 1 is 1.12 bits per heavy atom. The van der Waals surface area contributed by atoms with E-state index in [9.17, 15) is 13.2 Å². The van der Waals surface area contributed by atoms with E-state index in [2.05, 4.69) is 15.5 Å². The van der Waals surface area contributed by atoms with Crippen LogP contribution in [-0.2, 0) is 20.0 Å². The van der Waals surface area contributed by atoms with Gasteiger partial charge in [0.15, 0.2) is 9.84 Å². The first-order valence-corrected chi connectivity index (χ1v) is 12.9. The first kappa shape index (κ1) is 22.1. The molecule has 0 spiro atoms. The second-order valence-electron chi connectivity index (χ2n) is 9.84. The van der Waals surface area contributed by atoms with Crippen molar-refractivity contribution in [2.75, 3.05) is 6.26 Å². The van der Waals surface area contributed by atoms with Gasteiger partial charge in [0.05, 0.1) is 10.2 Å². The number of halogens is 1. The molecule has 3 saturated carbocycles. The number of carbonyl (C=O) groups is 1. The Bertz CT molecular complexity index is 1340. The molecule has 1 N–H and O–H groups in total. The molecule has 33 heavy (non-hydrogen) atoms. The summed E-state index contributed by atoms with van der Waals surface area (Å²) in [7, 11) is -3.34. The van der Waals surface area contributed by atoms with Crippen molar-refractivity contribution in [1.29, 1.82) is 0 Å². The lowest BCUT2D eigenvalue weighted by Gasteiger charge is -2.68. The molecule has 2 bridgehead atoms. The van der Waals surface area contributed by atoms with Gasteiger partial charge in [0.1, 0.15) is 0 Å². The number of nitrogens with one attached hydrogen (secondary N) is 1. The minimum atomic E-state index is -3.34. The number of nitrogens with zero attached hydrogens (tertiary/aromatic N) is 2. The minimum absolute atomic E-state index is 0.189. The Labute approximate surface area is 197 Å². The molecule has 3 aromatic rings. The second-order valence-corrected chi connectivity index (χ2v) is 12.8. The van der Waals surface area contributed by atoms with Gasteiger partial charge < -0.3 is 9.84 Å². The molecule has 3 aliphatic carbocycles. The molecule has 0 unspecified atom stereocenters. The summed E-state index contributed by atoms with van der Waals surface area (Å²) in [5.74, 6) is 0.914. The van der Waals surface area contributed by atoms with E-state index in [0.29, 0.717) is 27.9 Å². The van der Waals surface area contributed by atoms with Crippen LogP contribution in [0.1, 0.15) is 54.9 Å². The summed E-state index contributed by atoms with van der Waals surface area (Å²) in [6.07, 6.45) is 3.42. The van der Waals surface area contributed by atoms with Crippen molar-refractivity contribution < 1.29 is 17.7 Å². The molecule has 0 saturated heterocycles. The average Bonchev–Trinajstić information content (AvgIpc) is 3.19. The monoisotopic (exact) mass is 485 g/mol. The van der Waals surface area contributed by atoms with E-state index >= 15 is 0 Å². The summed E-state index contributed by atoms with van der Waals surface area (Å²) in [5.41, 5.74) is 1.40. The van der Waals surface area contributed by atoms with E-state index in [4.69, 9.17) is 16.1 Å². The van der Waals surface area contributed by atoms with Crippen LogP contribution < -0.4 is 5.32 Å². The smallest absolute Gasteiger partial charge is 0.251 e. The minimum Gasteiger partial charge on any atom is -0.346 e. The molecule has 9 heteroatoms. The summed E-state index contributed by atoms with van der Waals surface area (Å²) in [6.45, 7) is 3.29. The predicted octanol–water partition coefficient (Wildman–Crippen LogP) is 4.27. The molecule has 1 aromatic heterocycles. The van der Waals surface area contributed by atoms with Crippen molar-refractivity contribution in [3.63, 3.8) is 0 Å². The van der Waals surface area contributed by atoms with Gasteiger partial charge in [0.2, 0.25) is 11.7 Å². The molecule has 1 heterocycles. The van der Waals surface area contributed by atoms with Crippen LogP contribution in [0.5, 0.6) is 0 Å². The number of rotatable bonds is 6. The molecular weight excluding hydrogens is 462 g/mol.